The van der Waals surface area contributed by atoms with Crippen LogP contribution in [0.5, 0.6) is 0 Å². The van der Waals surface area contributed by atoms with Crippen LogP contribution in [0, 0.1) is 0 Å². The first-order chi connectivity index (χ1) is 5.91. The second kappa shape index (κ2) is 3.90. The fourth-order valence-corrected chi connectivity index (χ4v) is 2.37. The third kappa shape index (κ3) is 2.27. The van der Waals surface area contributed by atoms with Crippen molar-refractivity contribution >= 4 is 22.9 Å². The molecule has 1 aliphatic carbocycles. The minimum atomic E-state index is -4.23. The third-order valence-electron chi connectivity index (χ3n) is 2.53. The number of aliphatic hydroxyl groups is 1. The van der Waals surface area contributed by atoms with Gasteiger partial charge in [-0.15, -0.1) is 0 Å². The van der Waals surface area contributed by atoms with Gasteiger partial charge in [0.2, 0.25) is 0 Å². The molecule has 1 fully saturated rings. The number of nitrogens with one attached hydrogen (secondary N) is 1. The molecule has 0 amide bonds. The van der Waals surface area contributed by atoms with Crippen LogP contribution in [0.3, 0.4) is 0 Å². The minimum Gasteiger partial charge on any atom is -0.393 e. The van der Waals surface area contributed by atoms with Crippen molar-refractivity contribution in [3.05, 3.63) is 0 Å². The first-order valence-corrected chi connectivity index (χ1v) is 5.12. The topological polar surface area (TPSA) is 32.3 Å². The summed E-state index contributed by atoms with van der Waals surface area (Å²) >= 11 is 1.54. The number of hydrogen-bond donors (Lipinski definition) is 2. The molecule has 0 aliphatic heterocycles. The van der Waals surface area contributed by atoms with Crippen LogP contribution in [0.4, 0.5) is 13.2 Å². The molecule has 0 heterocycles. The largest absolute Gasteiger partial charge is 0.407 e. The van der Waals surface area contributed by atoms with E-state index in [0.717, 1.165) is 0 Å². The molecule has 0 aromatic rings. The molecule has 78 valence electrons. The van der Waals surface area contributed by atoms with Gasteiger partial charge in [-0.2, -0.15) is 13.2 Å². The van der Waals surface area contributed by atoms with Crippen molar-refractivity contribution in [2.24, 2.45) is 0 Å². The summed E-state index contributed by atoms with van der Waals surface area (Å²) in [6.07, 6.45) is -4.44. The van der Waals surface area contributed by atoms with Gasteiger partial charge in [0.25, 0.3) is 0 Å². The lowest BCUT2D eigenvalue weighted by Gasteiger charge is -2.39. The first-order valence-electron chi connectivity index (χ1n) is 4.04. The van der Waals surface area contributed by atoms with Gasteiger partial charge in [-0.1, -0.05) is 0 Å². The van der Waals surface area contributed by atoms with Gasteiger partial charge in [0.1, 0.15) is 5.54 Å². The van der Waals surface area contributed by atoms with E-state index in [1.807, 2.05) is 0 Å². The average molecular weight is 309 g/mol. The minimum absolute atomic E-state index is 0.0411. The van der Waals surface area contributed by atoms with Crippen LogP contribution >= 0.6 is 22.9 Å². The van der Waals surface area contributed by atoms with Crippen molar-refractivity contribution in [2.45, 2.75) is 43.5 Å². The second-order valence-corrected chi connectivity index (χ2v) is 3.94. The molecule has 0 aromatic heterocycles. The summed E-state index contributed by atoms with van der Waals surface area (Å²) in [6, 6.07) is 0. The fraction of sp³-hybridized carbons (Fsp3) is 1.00. The second-order valence-electron chi connectivity index (χ2n) is 3.41. The third-order valence-corrected chi connectivity index (χ3v) is 3.56. The fourth-order valence-electron chi connectivity index (χ4n) is 1.53. The Morgan fingerprint density at radius 3 is 2.08 bits per heavy atom. The summed E-state index contributed by atoms with van der Waals surface area (Å²) in [6.45, 7) is 0. The SMILES string of the molecule is OC1CCC(NI)(C(F)(F)F)CC1. The zero-order valence-electron chi connectivity index (χ0n) is 6.86. The number of alkyl halides is 3. The Hall–Kier alpha value is 0.440. The predicted molar refractivity (Wildman–Crippen MR) is 50.4 cm³/mol. The molecular formula is C7H11F3INO. The van der Waals surface area contributed by atoms with Crippen molar-refractivity contribution in [3.63, 3.8) is 0 Å². The molecule has 0 spiro atoms. The first kappa shape index (κ1) is 11.5. The number of halogens is 4. The zero-order valence-corrected chi connectivity index (χ0v) is 9.02. The molecule has 1 rings (SSSR count). The van der Waals surface area contributed by atoms with Crippen molar-refractivity contribution < 1.29 is 18.3 Å². The van der Waals surface area contributed by atoms with Gasteiger partial charge >= 0.3 is 6.18 Å². The van der Waals surface area contributed by atoms with Gasteiger partial charge in [-0.25, -0.2) is 3.53 Å². The van der Waals surface area contributed by atoms with Crippen LogP contribution in [-0.2, 0) is 0 Å². The number of hydrogen-bond acceptors (Lipinski definition) is 2. The number of rotatable bonds is 1. The molecule has 2 nitrogen and oxygen atoms in total. The Bertz CT molecular complexity index is 177. The highest BCUT2D eigenvalue weighted by molar-refractivity contribution is 14.1. The molecule has 2 N–H and O–H groups in total. The van der Waals surface area contributed by atoms with Crippen LogP contribution in [0.1, 0.15) is 25.7 Å². The van der Waals surface area contributed by atoms with E-state index < -0.39 is 17.8 Å². The molecule has 0 radical (unpaired) electrons. The normalized spacial score (nSPS) is 36.2. The quantitative estimate of drug-likeness (QED) is 0.575. The van der Waals surface area contributed by atoms with E-state index in [-0.39, 0.29) is 25.7 Å². The molecule has 1 saturated carbocycles. The van der Waals surface area contributed by atoms with Gasteiger partial charge in [0.05, 0.1) is 6.10 Å². The van der Waals surface area contributed by atoms with Crippen LogP contribution in [-0.4, -0.2) is 22.9 Å². The van der Waals surface area contributed by atoms with Crippen molar-refractivity contribution in [1.29, 1.82) is 0 Å². The Morgan fingerprint density at radius 2 is 1.77 bits per heavy atom. The summed E-state index contributed by atoms with van der Waals surface area (Å²) < 4.78 is 40.0. The summed E-state index contributed by atoms with van der Waals surface area (Å²) in [5.74, 6) is 0. The molecule has 6 heteroatoms. The maximum absolute atomic E-state index is 12.6. The zero-order chi connectivity index (χ0) is 10.1. The summed E-state index contributed by atoms with van der Waals surface area (Å²) in [4.78, 5) is 0. The monoisotopic (exact) mass is 309 g/mol. The molecule has 0 aromatic carbocycles. The van der Waals surface area contributed by atoms with Gasteiger partial charge in [0.15, 0.2) is 0 Å². The van der Waals surface area contributed by atoms with Crippen molar-refractivity contribution in [1.82, 2.24) is 3.53 Å². The van der Waals surface area contributed by atoms with Crippen LogP contribution < -0.4 is 3.53 Å². The molecule has 0 bridgehead atoms. The van der Waals surface area contributed by atoms with E-state index in [4.69, 9.17) is 5.11 Å². The van der Waals surface area contributed by atoms with Crippen LogP contribution in [0.2, 0.25) is 0 Å². The highest BCUT2D eigenvalue weighted by Crippen LogP contribution is 2.42. The van der Waals surface area contributed by atoms with Crippen LogP contribution in [0.25, 0.3) is 0 Å². The molecule has 0 atom stereocenters. The standard InChI is InChI=1S/C7H11F3INO/c8-7(9,10)6(12-11)3-1-5(13)2-4-6/h5,12-13H,1-4H2. The summed E-state index contributed by atoms with van der Waals surface area (Å²) in [7, 11) is 0. The highest BCUT2D eigenvalue weighted by atomic mass is 127. The molecule has 13 heavy (non-hydrogen) atoms. The van der Waals surface area contributed by atoms with Gasteiger partial charge in [0, 0.05) is 22.9 Å². The lowest BCUT2D eigenvalue weighted by atomic mass is 9.81. The smallest absolute Gasteiger partial charge is 0.393 e. The molecule has 0 unspecified atom stereocenters. The van der Waals surface area contributed by atoms with Gasteiger partial charge in [-0.05, 0) is 25.7 Å². The maximum Gasteiger partial charge on any atom is 0.407 e. The Balaban J connectivity index is 2.72. The lowest BCUT2D eigenvalue weighted by Crippen LogP contribution is -2.55. The maximum atomic E-state index is 12.6. The van der Waals surface area contributed by atoms with Gasteiger partial charge in [-0.3, -0.25) is 0 Å². The van der Waals surface area contributed by atoms with Crippen LogP contribution in [0.15, 0.2) is 0 Å². The lowest BCUT2D eigenvalue weighted by molar-refractivity contribution is -0.201. The highest BCUT2D eigenvalue weighted by Gasteiger charge is 2.55. The molecule has 1 aliphatic rings. The van der Waals surface area contributed by atoms with E-state index in [1.165, 1.54) is 0 Å². The Morgan fingerprint density at radius 1 is 1.31 bits per heavy atom. The van der Waals surface area contributed by atoms with E-state index in [9.17, 15) is 13.2 Å². The predicted octanol–water partition coefficient (Wildman–Crippen LogP) is 2.16. The van der Waals surface area contributed by atoms with Crippen molar-refractivity contribution in [2.75, 3.05) is 0 Å². The molecule has 0 saturated heterocycles. The summed E-state index contributed by atoms with van der Waals surface area (Å²) in [5, 5.41) is 9.11. The van der Waals surface area contributed by atoms with E-state index >= 15 is 0 Å². The van der Waals surface area contributed by atoms with E-state index in [2.05, 4.69) is 3.53 Å². The Kier molecular flexibility index (Phi) is 3.45. The molecular weight excluding hydrogens is 298 g/mol. The number of aliphatic hydroxyl groups excluding tert-OH is 1. The Labute approximate surface area is 88.4 Å². The van der Waals surface area contributed by atoms with E-state index in [0.29, 0.717) is 0 Å². The van der Waals surface area contributed by atoms with Crippen molar-refractivity contribution in [3.8, 4) is 0 Å². The van der Waals surface area contributed by atoms with Gasteiger partial charge < -0.3 is 5.11 Å². The van der Waals surface area contributed by atoms with E-state index in [1.54, 1.807) is 22.9 Å². The average Bonchev–Trinajstić information content (AvgIpc) is 2.04. The summed E-state index contributed by atoms with van der Waals surface area (Å²) in [5.41, 5.74) is -1.78.